The number of amides is 3. The smallest absolute Gasteiger partial charge is 0.318 e. The van der Waals surface area contributed by atoms with E-state index in [-0.39, 0.29) is 11.9 Å². The van der Waals surface area contributed by atoms with Crippen molar-refractivity contribution in [3.63, 3.8) is 0 Å². The molecule has 0 aliphatic rings. The van der Waals surface area contributed by atoms with E-state index in [1.807, 2.05) is 0 Å². The maximum atomic E-state index is 11.3. The van der Waals surface area contributed by atoms with Gasteiger partial charge in [-0.3, -0.25) is 25.5 Å². The second-order valence-corrected chi connectivity index (χ2v) is 2.66. The van der Waals surface area contributed by atoms with Gasteiger partial charge in [0.1, 0.15) is 0 Å². The minimum atomic E-state index is -0.733. The van der Waals surface area contributed by atoms with Crippen molar-refractivity contribution >= 4 is 17.9 Å². The van der Waals surface area contributed by atoms with Crippen molar-refractivity contribution in [3.8, 4) is 0 Å². The van der Waals surface area contributed by atoms with Crippen molar-refractivity contribution in [1.82, 2.24) is 15.8 Å². The highest BCUT2D eigenvalue weighted by Crippen LogP contribution is 1.88. The van der Waals surface area contributed by atoms with Crippen molar-refractivity contribution in [3.05, 3.63) is 0 Å². The van der Waals surface area contributed by atoms with E-state index in [0.29, 0.717) is 13.0 Å². The number of hydrazine groups is 1. The Morgan fingerprint density at radius 2 is 2.00 bits per heavy atom. The van der Waals surface area contributed by atoms with Gasteiger partial charge in [-0.2, -0.15) is 0 Å². The molecule has 0 aromatic rings. The van der Waals surface area contributed by atoms with Crippen LogP contribution in [0.25, 0.3) is 0 Å². The second-order valence-electron chi connectivity index (χ2n) is 2.66. The lowest BCUT2D eigenvalue weighted by Gasteiger charge is -2.22. The Labute approximate surface area is 88.7 Å². The number of nitrogens with two attached hydrogens (primary N) is 1. The molecule has 0 heterocycles. The number of aliphatic imine (C=N–C) groups is 1. The molecule has 0 fully saturated rings. The van der Waals surface area contributed by atoms with Crippen LogP contribution >= 0.6 is 0 Å². The number of guanidine groups is 1. The maximum absolute atomic E-state index is 11.3. The van der Waals surface area contributed by atoms with Gasteiger partial charge in [0, 0.05) is 20.0 Å². The molecule has 0 spiro atoms. The first-order chi connectivity index (χ1) is 7.04. The van der Waals surface area contributed by atoms with Crippen LogP contribution < -0.4 is 16.5 Å². The summed E-state index contributed by atoms with van der Waals surface area (Å²) < 4.78 is 0. The molecule has 0 aliphatic carbocycles. The Morgan fingerprint density at radius 1 is 1.40 bits per heavy atom. The summed E-state index contributed by atoms with van der Waals surface area (Å²) in [6.07, 6.45) is 0.369. The van der Waals surface area contributed by atoms with Crippen LogP contribution in [-0.2, 0) is 4.79 Å². The topological polar surface area (TPSA) is 99.8 Å². The molecule has 86 valence electrons. The van der Waals surface area contributed by atoms with E-state index >= 15 is 0 Å². The quantitative estimate of drug-likeness (QED) is 0.326. The van der Waals surface area contributed by atoms with Crippen LogP contribution in [0.3, 0.4) is 0 Å². The summed E-state index contributed by atoms with van der Waals surface area (Å²) in [4.78, 5) is 25.6. The Kier molecular flexibility index (Phi) is 5.84. The third kappa shape index (κ3) is 4.84. The molecule has 7 heteroatoms. The van der Waals surface area contributed by atoms with E-state index in [0.717, 1.165) is 0 Å². The zero-order valence-corrected chi connectivity index (χ0v) is 9.20. The van der Waals surface area contributed by atoms with Crippen LogP contribution in [0.15, 0.2) is 4.99 Å². The van der Waals surface area contributed by atoms with Gasteiger partial charge >= 0.3 is 6.03 Å². The van der Waals surface area contributed by atoms with E-state index in [1.54, 1.807) is 13.8 Å². The van der Waals surface area contributed by atoms with Gasteiger partial charge in [0.2, 0.25) is 11.9 Å². The molecule has 0 unspecified atom stereocenters. The molecular formula is C8H17N5O2. The molecular weight excluding hydrogens is 198 g/mol. The van der Waals surface area contributed by atoms with Crippen molar-refractivity contribution in [2.24, 2.45) is 10.7 Å². The summed E-state index contributed by atoms with van der Waals surface area (Å²) in [5.74, 6) is 0.0519. The molecule has 3 amide bonds. The average molecular weight is 215 g/mol. The van der Waals surface area contributed by atoms with E-state index in [2.05, 4.69) is 15.7 Å². The van der Waals surface area contributed by atoms with Crippen LogP contribution in [0.4, 0.5) is 4.79 Å². The summed E-state index contributed by atoms with van der Waals surface area (Å²) in [5.41, 5.74) is 7.58. The van der Waals surface area contributed by atoms with Gasteiger partial charge in [-0.25, -0.2) is 4.79 Å². The summed E-state index contributed by atoms with van der Waals surface area (Å²) in [6.45, 7) is 4.02. The largest absolute Gasteiger partial charge is 0.351 e. The molecule has 0 bridgehead atoms. The number of nitrogens with zero attached hydrogens (tertiary/aromatic N) is 2. The highest BCUT2D eigenvalue weighted by Gasteiger charge is 2.11. The van der Waals surface area contributed by atoms with Crippen LogP contribution in [0, 0.1) is 0 Å². The van der Waals surface area contributed by atoms with Crippen LogP contribution in [-0.4, -0.2) is 36.5 Å². The second kappa shape index (κ2) is 6.63. The van der Waals surface area contributed by atoms with Crippen molar-refractivity contribution in [2.45, 2.75) is 20.3 Å². The fourth-order valence-corrected chi connectivity index (χ4v) is 0.887. The van der Waals surface area contributed by atoms with Gasteiger partial charge in [-0.05, 0) is 6.92 Å². The lowest BCUT2D eigenvalue weighted by molar-refractivity contribution is -0.132. The fraction of sp³-hybridized carbons (Fsp3) is 0.625. The SMILES string of the molecule is CCC(=O)N(CC)NC(=NC)NC(N)=O. The Bertz CT molecular complexity index is 264. The number of hydrogen-bond acceptors (Lipinski definition) is 3. The van der Waals surface area contributed by atoms with E-state index in [9.17, 15) is 9.59 Å². The molecule has 0 aromatic carbocycles. The van der Waals surface area contributed by atoms with Gasteiger partial charge in [-0.1, -0.05) is 6.92 Å². The Balaban J connectivity index is 4.38. The lowest BCUT2D eigenvalue weighted by Crippen LogP contribution is -2.53. The number of carbonyl (C=O) groups is 2. The van der Waals surface area contributed by atoms with Gasteiger partial charge in [0.25, 0.3) is 0 Å². The summed E-state index contributed by atoms with van der Waals surface area (Å²) in [7, 11) is 1.47. The van der Waals surface area contributed by atoms with Crippen LogP contribution in [0.1, 0.15) is 20.3 Å². The molecule has 0 aliphatic heterocycles. The fourth-order valence-electron chi connectivity index (χ4n) is 0.887. The molecule has 15 heavy (non-hydrogen) atoms. The average Bonchev–Trinajstić information content (AvgIpc) is 2.22. The monoisotopic (exact) mass is 215 g/mol. The zero-order chi connectivity index (χ0) is 11.8. The number of urea groups is 1. The van der Waals surface area contributed by atoms with E-state index in [1.165, 1.54) is 12.1 Å². The first kappa shape index (κ1) is 13.2. The normalized spacial score (nSPS) is 10.7. The highest BCUT2D eigenvalue weighted by molar-refractivity contribution is 5.96. The van der Waals surface area contributed by atoms with Gasteiger partial charge < -0.3 is 5.73 Å². The minimum Gasteiger partial charge on any atom is -0.351 e. The van der Waals surface area contributed by atoms with Gasteiger partial charge in [0.15, 0.2) is 0 Å². The van der Waals surface area contributed by atoms with Crippen molar-refractivity contribution in [2.75, 3.05) is 13.6 Å². The first-order valence-corrected chi connectivity index (χ1v) is 4.65. The number of carbonyl (C=O) groups excluding carboxylic acids is 2. The molecule has 0 rings (SSSR count). The van der Waals surface area contributed by atoms with Crippen molar-refractivity contribution < 1.29 is 9.59 Å². The third-order valence-electron chi connectivity index (χ3n) is 1.63. The van der Waals surface area contributed by atoms with Gasteiger partial charge in [-0.15, -0.1) is 0 Å². The molecule has 0 aromatic heterocycles. The molecule has 0 saturated carbocycles. The van der Waals surface area contributed by atoms with Crippen molar-refractivity contribution in [1.29, 1.82) is 0 Å². The zero-order valence-electron chi connectivity index (χ0n) is 9.20. The number of rotatable bonds is 2. The standard InChI is InChI=1S/C8H17N5O2/c1-4-6(14)13(5-2)12-8(10-3)11-7(9)15/h4-5H2,1-3H3,(H4,9,10,11,12,15). The van der Waals surface area contributed by atoms with Crippen LogP contribution in [0.5, 0.6) is 0 Å². The first-order valence-electron chi connectivity index (χ1n) is 4.65. The Hall–Kier alpha value is -1.79. The maximum Gasteiger partial charge on any atom is 0.318 e. The van der Waals surface area contributed by atoms with Crippen LogP contribution in [0.2, 0.25) is 0 Å². The highest BCUT2D eigenvalue weighted by atomic mass is 16.2. The van der Waals surface area contributed by atoms with E-state index in [4.69, 9.17) is 5.73 Å². The minimum absolute atomic E-state index is 0.0927. The molecule has 0 saturated heterocycles. The molecule has 4 N–H and O–H groups in total. The Morgan fingerprint density at radius 3 is 2.33 bits per heavy atom. The lowest BCUT2D eigenvalue weighted by atomic mass is 10.4. The van der Waals surface area contributed by atoms with E-state index < -0.39 is 6.03 Å². The molecule has 7 nitrogen and oxygen atoms in total. The third-order valence-corrected chi connectivity index (χ3v) is 1.63. The summed E-state index contributed by atoms with van der Waals surface area (Å²) in [5, 5.41) is 3.60. The molecule has 0 radical (unpaired) electrons. The molecule has 0 atom stereocenters. The number of primary amides is 1. The number of hydrogen-bond donors (Lipinski definition) is 3. The van der Waals surface area contributed by atoms with Gasteiger partial charge in [0.05, 0.1) is 0 Å². The summed E-state index contributed by atoms with van der Waals surface area (Å²) >= 11 is 0. The predicted octanol–water partition coefficient (Wildman–Crippen LogP) is -0.596. The summed E-state index contributed by atoms with van der Waals surface area (Å²) in [6, 6.07) is -0.733. The predicted molar refractivity (Wildman–Crippen MR) is 56.9 cm³/mol. The number of nitrogens with one attached hydrogen (secondary N) is 2.